The number of ether oxygens (including phenoxy) is 1. The number of carbonyl (C=O) groups is 2. The number of amides is 3. The van der Waals surface area contributed by atoms with E-state index in [2.05, 4.69) is 5.32 Å². The molecule has 6 nitrogen and oxygen atoms in total. The topological polar surface area (TPSA) is 82.4 Å². The van der Waals surface area contributed by atoms with E-state index in [4.69, 9.17) is 10.00 Å². The van der Waals surface area contributed by atoms with Gasteiger partial charge in [0, 0.05) is 6.54 Å². The van der Waals surface area contributed by atoms with Crippen LogP contribution >= 0.6 is 0 Å². The van der Waals surface area contributed by atoms with Crippen molar-refractivity contribution in [3.63, 3.8) is 0 Å². The van der Waals surface area contributed by atoms with Crippen molar-refractivity contribution >= 4 is 22.7 Å². The number of nitriles is 1. The van der Waals surface area contributed by atoms with Crippen LogP contribution in [0, 0.1) is 11.3 Å². The molecular weight excluding hydrogens is 306 g/mol. The predicted molar refractivity (Wildman–Crippen MR) is 88.3 cm³/mol. The predicted octanol–water partition coefficient (Wildman–Crippen LogP) is 2.53. The Morgan fingerprint density at radius 3 is 2.62 bits per heavy atom. The molecule has 0 saturated carbocycles. The number of nitrogens with one attached hydrogen (secondary N) is 1. The zero-order valence-electron chi connectivity index (χ0n) is 13.5. The summed E-state index contributed by atoms with van der Waals surface area (Å²) in [6.07, 6.45) is 0.118. The van der Waals surface area contributed by atoms with Crippen LogP contribution in [-0.4, -0.2) is 30.5 Å². The summed E-state index contributed by atoms with van der Waals surface area (Å²) < 4.78 is 5.21. The molecule has 0 bridgehead atoms. The van der Waals surface area contributed by atoms with Crippen LogP contribution in [0.2, 0.25) is 0 Å². The maximum Gasteiger partial charge on any atom is 0.325 e. The van der Waals surface area contributed by atoms with Gasteiger partial charge in [-0.25, -0.2) is 4.79 Å². The average molecular weight is 323 g/mol. The van der Waals surface area contributed by atoms with Crippen LogP contribution in [-0.2, 0) is 10.3 Å². The molecule has 122 valence electrons. The largest absolute Gasteiger partial charge is 0.497 e. The molecule has 1 heterocycles. The Hall–Kier alpha value is -3.07. The Labute approximate surface area is 139 Å². The smallest absolute Gasteiger partial charge is 0.325 e. The number of nitrogens with zero attached hydrogens (tertiary/aromatic N) is 2. The van der Waals surface area contributed by atoms with E-state index in [0.29, 0.717) is 5.56 Å². The zero-order valence-corrected chi connectivity index (χ0v) is 13.5. The summed E-state index contributed by atoms with van der Waals surface area (Å²) in [5, 5.41) is 13.4. The fourth-order valence-electron chi connectivity index (χ4n) is 2.92. The summed E-state index contributed by atoms with van der Waals surface area (Å²) in [4.78, 5) is 25.9. The summed E-state index contributed by atoms with van der Waals surface area (Å²) in [6, 6.07) is 12.8. The Morgan fingerprint density at radius 1 is 1.21 bits per heavy atom. The van der Waals surface area contributed by atoms with Crippen molar-refractivity contribution in [2.75, 3.05) is 13.7 Å². The minimum Gasteiger partial charge on any atom is -0.497 e. The fraction of sp³-hybridized carbons (Fsp3) is 0.278. The molecule has 2 aromatic rings. The number of imide groups is 1. The third kappa shape index (κ3) is 2.44. The average Bonchev–Trinajstić information content (AvgIpc) is 2.82. The number of benzene rings is 2. The van der Waals surface area contributed by atoms with E-state index in [1.165, 1.54) is 0 Å². The number of fused-ring (bicyclic) bond motifs is 1. The number of urea groups is 1. The molecule has 0 unspecified atom stereocenters. The highest BCUT2D eigenvalue weighted by Gasteiger charge is 2.48. The van der Waals surface area contributed by atoms with Crippen molar-refractivity contribution < 1.29 is 14.3 Å². The highest BCUT2D eigenvalue weighted by atomic mass is 16.5. The van der Waals surface area contributed by atoms with Crippen molar-refractivity contribution in [2.24, 2.45) is 0 Å². The summed E-state index contributed by atoms with van der Waals surface area (Å²) >= 11 is 0. The molecule has 1 aliphatic heterocycles. The van der Waals surface area contributed by atoms with Gasteiger partial charge in [0.25, 0.3) is 5.91 Å². The van der Waals surface area contributed by atoms with Crippen molar-refractivity contribution in [3.05, 3.63) is 42.0 Å². The van der Waals surface area contributed by atoms with E-state index in [9.17, 15) is 9.59 Å². The Kier molecular flexibility index (Phi) is 3.86. The van der Waals surface area contributed by atoms with Crippen LogP contribution in [0.3, 0.4) is 0 Å². The maximum absolute atomic E-state index is 12.7. The molecule has 1 atom stereocenters. The normalized spacial score (nSPS) is 20.1. The van der Waals surface area contributed by atoms with E-state index >= 15 is 0 Å². The number of methoxy groups -OCH3 is 1. The molecular formula is C18H17N3O3. The molecule has 6 heteroatoms. The standard InChI is InChI=1S/C18H17N3O3/c1-18(16(22)21(9-3-8-19)17(23)20-18)14-6-4-13-11-15(24-2)7-5-12(13)10-14/h4-7,10-11H,3,9H2,1-2H3,(H,20,23)/t18-/m0/s1. The lowest BCUT2D eigenvalue weighted by Crippen LogP contribution is -2.41. The van der Waals surface area contributed by atoms with Gasteiger partial charge in [-0.3, -0.25) is 9.69 Å². The molecule has 0 aromatic heterocycles. The zero-order chi connectivity index (χ0) is 17.3. The van der Waals surface area contributed by atoms with Crippen molar-refractivity contribution in [1.82, 2.24) is 10.2 Å². The summed E-state index contributed by atoms with van der Waals surface area (Å²) in [7, 11) is 1.61. The first-order valence-electron chi connectivity index (χ1n) is 7.59. The SMILES string of the molecule is COc1ccc2cc([C@]3(C)NC(=O)N(CCC#N)C3=O)ccc2c1. The van der Waals surface area contributed by atoms with Crippen LogP contribution in [0.15, 0.2) is 36.4 Å². The van der Waals surface area contributed by atoms with Gasteiger partial charge in [0.05, 0.1) is 19.6 Å². The van der Waals surface area contributed by atoms with Gasteiger partial charge in [0.15, 0.2) is 0 Å². The van der Waals surface area contributed by atoms with Gasteiger partial charge >= 0.3 is 6.03 Å². The van der Waals surface area contributed by atoms with Gasteiger partial charge in [-0.2, -0.15) is 5.26 Å². The van der Waals surface area contributed by atoms with Gasteiger partial charge in [-0.05, 0) is 41.5 Å². The first-order valence-corrected chi connectivity index (χ1v) is 7.59. The molecule has 3 rings (SSSR count). The van der Waals surface area contributed by atoms with Crippen LogP contribution in [0.5, 0.6) is 5.75 Å². The van der Waals surface area contributed by atoms with Crippen LogP contribution in [0.25, 0.3) is 10.8 Å². The van der Waals surface area contributed by atoms with E-state index < -0.39 is 11.6 Å². The highest BCUT2D eigenvalue weighted by Crippen LogP contribution is 2.32. The molecule has 2 aromatic carbocycles. The molecule has 24 heavy (non-hydrogen) atoms. The lowest BCUT2D eigenvalue weighted by atomic mass is 9.90. The third-order valence-electron chi connectivity index (χ3n) is 4.35. The van der Waals surface area contributed by atoms with Crippen molar-refractivity contribution in [1.29, 1.82) is 5.26 Å². The fourth-order valence-corrected chi connectivity index (χ4v) is 2.92. The third-order valence-corrected chi connectivity index (χ3v) is 4.35. The number of carbonyl (C=O) groups excluding carboxylic acids is 2. The summed E-state index contributed by atoms with van der Waals surface area (Å²) in [5.41, 5.74) is -0.418. The minimum atomic E-state index is -1.12. The summed E-state index contributed by atoms with van der Waals surface area (Å²) in [6.45, 7) is 1.78. The molecule has 1 N–H and O–H groups in total. The van der Waals surface area contributed by atoms with Gasteiger partial charge in [-0.1, -0.05) is 18.2 Å². The van der Waals surface area contributed by atoms with Crippen molar-refractivity contribution in [2.45, 2.75) is 18.9 Å². The van der Waals surface area contributed by atoms with Gasteiger partial charge < -0.3 is 10.1 Å². The lowest BCUT2D eigenvalue weighted by Gasteiger charge is -2.22. The molecule has 3 amide bonds. The maximum atomic E-state index is 12.7. The quantitative estimate of drug-likeness (QED) is 0.877. The molecule has 0 aliphatic carbocycles. The number of rotatable bonds is 4. The minimum absolute atomic E-state index is 0.0987. The highest BCUT2D eigenvalue weighted by molar-refractivity contribution is 6.07. The molecule has 0 radical (unpaired) electrons. The molecule has 0 spiro atoms. The lowest BCUT2D eigenvalue weighted by molar-refractivity contribution is -0.131. The molecule has 1 aliphatic rings. The first kappa shape index (κ1) is 15.8. The van der Waals surface area contributed by atoms with Gasteiger partial charge in [0.2, 0.25) is 0 Å². The van der Waals surface area contributed by atoms with E-state index in [0.717, 1.165) is 21.4 Å². The van der Waals surface area contributed by atoms with Crippen LogP contribution in [0.1, 0.15) is 18.9 Å². The van der Waals surface area contributed by atoms with Crippen LogP contribution in [0.4, 0.5) is 4.79 Å². The number of hydrogen-bond donors (Lipinski definition) is 1. The van der Waals surface area contributed by atoms with Gasteiger partial charge in [-0.15, -0.1) is 0 Å². The van der Waals surface area contributed by atoms with Crippen LogP contribution < -0.4 is 10.1 Å². The Bertz CT molecular complexity index is 871. The summed E-state index contributed by atoms with van der Waals surface area (Å²) in [5.74, 6) is 0.421. The Morgan fingerprint density at radius 2 is 1.92 bits per heavy atom. The second-order valence-electron chi connectivity index (χ2n) is 5.85. The monoisotopic (exact) mass is 323 g/mol. The molecule has 1 fully saturated rings. The number of hydrogen-bond acceptors (Lipinski definition) is 4. The molecule has 1 saturated heterocycles. The Balaban J connectivity index is 1.98. The second kappa shape index (κ2) is 5.85. The van der Waals surface area contributed by atoms with Gasteiger partial charge in [0.1, 0.15) is 11.3 Å². The van der Waals surface area contributed by atoms with E-state index in [1.54, 1.807) is 14.0 Å². The van der Waals surface area contributed by atoms with E-state index in [1.807, 2.05) is 42.5 Å². The second-order valence-corrected chi connectivity index (χ2v) is 5.85. The van der Waals surface area contributed by atoms with Crippen molar-refractivity contribution in [3.8, 4) is 11.8 Å². The first-order chi connectivity index (χ1) is 11.5. The van der Waals surface area contributed by atoms with E-state index in [-0.39, 0.29) is 18.9 Å².